The number of carbonyl (C=O) groups excluding carboxylic acids is 2. The van der Waals surface area contributed by atoms with Gasteiger partial charge in [-0.1, -0.05) is 70.8 Å². The Morgan fingerprint density at radius 1 is 0.797 bits per heavy atom. The molecule has 5 aliphatic rings. The second-order valence-corrected chi connectivity index (χ2v) is 24.6. The number of rotatable bonds is 27. The van der Waals surface area contributed by atoms with Crippen molar-refractivity contribution in [2.45, 2.75) is 101 Å². The highest BCUT2D eigenvalue weighted by Gasteiger charge is 2.47. The summed E-state index contributed by atoms with van der Waals surface area (Å²) in [5, 5.41) is 18.8. The summed E-state index contributed by atoms with van der Waals surface area (Å²) in [4.78, 5) is 35.2. The molecule has 2 amide bonds. The van der Waals surface area contributed by atoms with Crippen molar-refractivity contribution in [3.8, 4) is 23.0 Å². The molecular weight excluding hydrogens is 1040 g/mol. The van der Waals surface area contributed by atoms with Crippen LogP contribution in [-0.2, 0) is 38.6 Å². The zero-order chi connectivity index (χ0) is 55.0. The maximum Gasteiger partial charge on any atom is 0.262 e. The number of para-hydroxylation sites is 2. The van der Waals surface area contributed by atoms with Crippen molar-refractivity contribution in [3.63, 3.8) is 0 Å². The largest absolute Gasteiger partial charge is 0.493 e. The molecule has 1 saturated carbocycles. The van der Waals surface area contributed by atoms with Crippen LogP contribution in [0.4, 0.5) is 28.4 Å². The summed E-state index contributed by atoms with van der Waals surface area (Å²) in [6, 6.07) is 30.6. The van der Waals surface area contributed by atoms with Gasteiger partial charge in [-0.2, -0.15) is 0 Å². The molecule has 0 radical (unpaired) electrons. The summed E-state index contributed by atoms with van der Waals surface area (Å²) >= 11 is 0. The van der Waals surface area contributed by atoms with E-state index in [0.29, 0.717) is 93.7 Å². The minimum absolute atomic E-state index is 0.0766. The number of nitrogens with one attached hydrogen (secondary N) is 2. The minimum Gasteiger partial charge on any atom is -0.493 e. The average Bonchev–Trinajstić information content (AvgIpc) is 4.06. The van der Waals surface area contributed by atoms with Crippen LogP contribution in [0.2, 0.25) is 0 Å². The Morgan fingerprint density at radius 3 is 2.23 bits per heavy atom. The fourth-order valence-electron chi connectivity index (χ4n) is 11.6. The molecule has 0 saturated heterocycles. The van der Waals surface area contributed by atoms with Crippen LogP contribution in [0.15, 0.2) is 91.0 Å². The van der Waals surface area contributed by atoms with Gasteiger partial charge in [-0.05, 0) is 98.7 Å². The van der Waals surface area contributed by atoms with E-state index in [0.717, 1.165) is 82.1 Å². The maximum absolute atomic E-state index is 14.0. The van der Waals surface area contributed by atoms with Gasteiger partial charge in [0.2, 0.25) is 5.91 Å². The Balaban J connectivity index is 0.912. The van der Waals surface area contributed by atoms with Gasteiger partial charge in [-0.3, -0.25) is 14.5 Å². The second kappa shape index (κ2) is 25.6. The number of nitrogens with zero attached hydrogens (tertiary/aromatic N) is 4. The third kappa shape index (κ3) is 12.8. The fourth-order valence-corrected chi connectivity index (χ4v) is 14.2. The first kappa shape index (κ1) is 56.3. The molecule has 10 rings (SSSR count). The van der Waals surface area contributed by atoms with E-state index in [9.17, 15) is 14.7 Å². The maximum atomic E-state index is 14.0. The summed E-state index contributed by atoms with van der Waals surface area (Å²) in [6.07, 6.45) is 5.65. The van der Waals surface area contributed by atoms with Crippen LogP contribution in [-0.4, -0.2) is 121 Å². The van der Waals surface area contributed by atoms with Crippen LogP contribution in [0.3, 0.4) is 0 Å². The molecule has 422 valence electrons. The van der Waals surface area contributed by atoms with Gasteiger partial charge < -0.3 is 63.6 Å². The van der Waals surface area contributed by atoms with Crippen LogP contribution >= 0.6 is 21.6 Å². The summed E-state index contributed by atoms with van der Waals surface area (Å²) in [5.41, 5.74) is 9.86. The number of aliphatic hydroxyl groups is 1. The standard InChI is InChI=1S/C61H76N6O10S2/c1-61(2,79-78-27-13-20-57(68)63-43-15-8-9-16-43)39-65(21-22-74-25-26-75-24-23-71-4)44-29-40(37-76-55-34-49-47(32-53(55)72-5)59(69)66-45(36-62-49)31-42-14-7-11-18-50(42)66)28-41(30-44)38-77-56-35-52-48(33-54(56)73-6)60(70)67-51-19-12-10-17-46(51)58(67)64(52)3/h7,10-12,14,17-19,28-30,32-35,43,45,58-59,62,69H,8-9,13,15-16,20-27,31,36-39H2,1-6H3,(H,63,68)/t45-,58?,59?/m0/s1. The molecule has 0 aromatic heterocycles. The first-order chi connectivity index (χ1) is 38.4. The number of anilines is 5. The van der Waals surface area contributed by atoms with Crippen molar-refractivity contribution in [1.82, 2.24) is 5.32 Å². The highest BCUT2D eigenvalue weighted by atomic mass is 33.1. The predicted octanol–water partition coefficient (Wildman–Crippen LogP) is 10.3. The molecule has 18 heteroatoms. The molecule has 5 aromatic carbocycles. The normalized spacial score (nSPS) is 18.0. The Kier molecular flexibility index (Phi) is 18.2. The number of benzene rings is 5. The van der Waals surface area contributed by atoms with Crippen molar-refractivity contribution < 1.29 is 47.9 Å². The number of methoxy groups -OCH3 is 3. The van der Waals surface area contributed by atoms with Gasteiger partial charge in [-0.25, -0.2) is 0 Å². The molecule has 79 heavy (non-hydrogen) atoms. The Morgan fingerprint density at radius 2 is 1.48 bits per heavy atom. The van der Waals surface area contributed by atoms with Crippen LogP contribution < -0.4 is 49.2 Å². The first-order valence-electron chi connectivity index (χ1n) is 27.7. The number of hydrogen-bond acceptors (Lipinski definition) is 16. The summed E-state index contributed by atoms with van der Waals surface area (Å²) in [6.45, 7) is 9.21. The van der Waals surface area contributed by atoms with Gasteiger partial charge in [0.1, 0.15) is 19.4 Å². The second-order valence-electron chi connectivity index (χ2n) is 21.5. The molecule has 5 aromatic rings. The molecule has 3 N–H and O–H groups in total. The van der Waals surface area contributed by atoms with Crippen molar-refractivity contribution in [1.29, 1.82) is 0 Å². The quantitative estimate of drug-likeness (QED) is 0.0337. The van der Waals surface area contributed by atoms with Crippen LogP contribution in [0.5, 0.6) is 23.0 Å². The molecular formula is C61H76N6O10S2. The lowest BCUT2D eigenvalue weighted by Crippen LogP contribution is -2.54. The monoisotopic (exact) mass is 1120 g/mol. The van der Waals surface area contributed by atoms with Gasteiger partial charge in [-0.15, -0.1) is 0 Å². The molecule has 3 atom stereocenters. The lowest BCUT2D eigenvalue weighted by Gasteiger charge is -2.51. The molecule has 4 aliphatic heterocycles. The fraction of sp³-hybridized carbons (Fsp3) is 0.475. The molecule has 2 unspecified atom stereocenters. The zero-order valence-electron chi connectivity index (χ0n) is 46.4. The van der Waals surface area contributed by atoms with E-state index < -0.39 is 6.23 Å². The van der Waals surface area contributed by atoms with E-state index in [1.807, 2.05) is 82.1 Å². The van der Waals surface area contributed by atoms with Gasteiger partial charge in [0.15, 0.2) is 29.2 Å². The summed E-state index contributed by atoms with van der Waals surface area (Å²) < 4.78 is 42.2. The van der Waals surface area contributed by atoms with Crippen molar-refractivity contribution in [3.05, 3.63) is 124 Å². The molecule has 16 nitrogen and oxygen atoms in total. The lowest BCUT2D eigenvalue weighted by molar-refractivity contribution is -0.121. The number of carbonyl (C=O) groups is 2. The molecule has 0 bridgehead atoms. The third-order valence-corrected chi connectivity index (χ3v) is 18.8. The van der Waals surface area contributed by atoms with Crippen LogP contribution in [0.1, 0.15) is 103 Å². The SMILES string of the molecule is COCCOCCOCCN(CC(C)(C)SSCCCC(=O)NC1CCCC1)c1cc(COc2cc3c(cc2OC)C(O)N2c4ccccc4C[C@H]2CN3)cc(COc2cc3c(cc2OC)C(=O)N2c4ccccc4C2N3C)c1. The van der Waals surface area contributed by atoms with Crippen LogP contribution in [0.25, 0.3) is 0 Å². The van der Waals surface area contributed by atoms with E-state index in [1.54, 1.807) is 27.4 Å². The van der Waals surface area contributed by atoms with Gasteiger partial charge in [0, 0.05) is 97.1 Å². The Hall–Kier alpha value is -6.02. The number of fused-ring (bicyclic) bond motifs is 9. The van der Waals surface area contributed by atoms with Gasteiger partial charge in [0.25, 0.3) is 5.91 Å². The average molecular weight is 1120 g/mol. The van der Waals surface area contributed by atoms with E-state index in [2.05, 4.69) is 75.6 Å². The van der Waals surface area contributed by atoms with Crippen molar-refractivity contribution >= 4 is 61.8 Å². The van der Waals surface area contributed by atoms with Crippen molar-refractivity contribution in [2.24, 2.45) is 0 Å². The third-order valence-electron chi connectivity index (χ3n) is 15.4. The van der Waals surface area contributed by atoms with Crippen LogP contribution in [0, 0.1) is 0 Å². The summed E-state index contributed by atoms with van der Waals surface area (Å²) in [7, 11) is 10.5. The van der Waals surface area contributed by atoms with E-state index in [4.69, 9.17) is 33.2 Å². The molecule has 1 fully saturated rings. The molecule has 1 aliphatic carbocycles. The van der Waals surface area contributed by atoms with E-state index in [-0.39, 0.29) is 42.0 Å². The highest BCUT2D eigenvalue weighted by molar-refractivity contribution is 8.77. The highest BCUT2D eigenvalue weighted by Crippen LogP contribution is 2.52. The number of hydrogen-bond donors (Lipinski definition) is 3. The first-order valence-corrected chi connectivity index (χ1v) is 30.0. The van der Waals surface area contributed by atoms with Crippen molar-refractivity contribution in [2.75, 3.05) is 112 Å². The van der Waals surface area contributed by atoms with E-state index >= 15 is 0 Å². The van der Waals surface area contributed by atoms with Gasteiger partial charge in [0.05, 0.1) is 70.2 Å². The Bertz CT molecular complexity index is 2940. The lowest BCUT2D eigenvalue weighted by atomic mass is 9.92. The zero-order valence-corrected chi connectivity index (χ0v) is 48.1. The van der Waals surface area contributed by atoms with E-state index in [1.165, 1.54) is 18.4 Å². The number of ether oxygens (including phenoxy) is 7. The van der Waals surface area contributed by atoms with Gasteiger partial charge >= 0.3 is 0 Å². The molecule has 4 heterocycles. The Labute approximate surface area is 473 Å². The molecule has 0 spiro atoms. The summed E-state index contributed by atoms with van der Waals surface area (Å²) in [5.74, 6) is 2.97. The predicted molar refractivity (Wildman–Crippen MR) is 315 cm³/mol. The number of amides is 2. The smallest absolute Gasteiger partial charge is 0.262 e. The number of aliphatic hydroxyl groups excluding tert-OH is 1. The minimum atomic E-state index is -0.883. The topological polar surface area (TPSA) is 156 Å².